The third-order valence-electron chi connectivity index (χ3n) is 11.0. The maximum Gasteiger partial charge on any atom is 0.178 e. The minimum absolute atomic E-state index is 0.0408. The van der Waals surface area contributed by atoms with Crippen LogP contribution in [-0.2, 0) is 16.1 Å². The first-order chi connectivity index (χ1) is 17.7. The number of aliphatic hydroxyl groups excluding tert-OH is 3. The molecule has 3 N–H and O–H groups in total. The van der Waals surface area contributed by atoms with Gasteiger partial charge in [-0.2, -0.15) is 5.06 Å². The first-order valence-corrected chi connectivity index (χ1v) is 14.1. The van der Waals surface area contributed by atoms with E-state index in [1.807, 2.05) is 17.2 Å². The number of hydrogen-bond acceptors (Lipinski definition) is 6. The predicted molar refractivity (Wildman–Crippen MR) is 140 cm³/mol. The van der Waals surface area contributed by atoms with Crippen LogP contribution >= 0.6 is 0 Å². The molecule has 200 valence electrons. The summed E-state index contributed by atoms with van der Waals surface area (Å²) < 4.78 is 0. The van der Waals surface area contributed by atoms with Gasteiger partial charge in [0.1, 0.15) is 11.7 Å². The smallest absolute Gasteiger partial charge is 0.178 e. The normalized spacial score (nSPS) is 43.5. The van der Waals surface area contributed by atoms with E-state index in [4.69, 9.17) is 4.84 Å². The number of benzene rings is 1. The van der Waals surface area contributed by atoms with Crippen LogP contribution in [0.1, 0.15) is 51.5 Å². The van der Waals surface area contributed by atoms with Crippen molar-refractivity contribution in [2.75, 3.05) is 19.7 Å². The van der Waals surface area contributed by atoms with Crippen LogP contribution in [0, 0.1) is 34.5 Å². The second-order valence-electron chi connectivity index (χ2n) is 12.7. The summed E-state index contributed by atoms with van der Waals surface area (Å²) in [7, 11) is 0. The van der Waals surface area contributed by atoms with E-state index in [9.17, 15) is 20.1 Å². The van der Waals surface area contributed by atoms with Crippen molar-refractivity contribution in [3.8, 4) is 0 Å². The quantitative estimate of drug-likeness (QED) is 0.546. The van der Waals surface area contributed by atoms with Crippen LogP contribution in [0.15, 0.2) is 54.1 Å². The maximum atomic E-state index is 12.1. The third-order valence-corrected chi connectivity index (χ3v) is 11.0. The largest absolute Gasteiger partial charge is 0.394 e. The standard InChI is InChI=1S/C31H41NO5/c1-29-13-12-23(34)15-21(29)10-11-24-25-16-22-18-32(14-6-9-20-7-4-3-5-8-20)37-31(22,27(36)19-33)30(25,2)17-26(35)28(24)29/h3-5,7-8,12-13,15,22,24-28,33,35-36H,6,9-11,14,16-19H2,1-2H3/t22-,24-,25-,26-,27?,28+,29-,30-,31-/m0/s1. The van der Waals surface area contributed by atoms with Gasteiger partial charge in [-0.25, -0.2) is 0 Å². The number of ketones is 1. The van der Waals surface area contributed by atoms with Crippen molar-refractivity contribution >= 4 is 5.78 Å². The molecule has 0 bridgehead atoms. The summed E-state index contributed by atoms with van der Waals surface area (Å²) in [5.41, 5.74) is 0.773. The van der Waals surface area contributed by atoms with E-state index in [0.717, 1.165) is 50.8 Å². The van der Waals surface area contributed by atoms with E-state index < -0.39 is 23.2 Å². The second kappa shape index (κ2) is 9.13. The molecule has 1 heterocycles. The average Bonchev–Trinajstić information content (AvgIpc) is 3.36. The van der Waals surface area contributed by atoms with E-state index in [1.54, 1.807) is 12.2 Å². The highest BCUT2D eigenvalue weighted by atomic mass is 16.7. The lowest BCUT2D eigenvalue weighted by Crippen LogP contribution is -2.64. The fraction of sp³-hybridized carbons (Fsp3) is 0.645. The molecule has 37 heavy (non-hydrogen) atoms. The number of nitrogens with zero attached hydrogens (tertiary/aromatic N) is 1. The number of hydrogen-bond donors (Lipinski definition) is 3. The molecule has 5 aliphatic rings. The molecule has 6 nitrogen and oxygen atoms in total. The van der Waals surface area contributed by atoms with Crippen LogP contribution in [0.4, 0.5) is 0 Å². The van der Waals surface area contributed by atoms with E-state index in [-0.39, 0.29) is 41.5 Å². The molecule has 0 radical (unpaired) electrons. The molecule has 1 saturated heterocycles. The molecule has 6 rings (SSSR count). The molecule has 4 fully saturated rings. The number of carbonyl (C=O) groups is 1. The Balaban J connectivity index is 1.26. The van der Waals surface area contributed by atoms with E-state index in [0.29, 0.717) is 6.42 Å². The number of fused-ring (bicyclic) bond motifs is 7. The molecule has 0 aromatic heterocycles. The highest BCUT2D eigenvalue weighted by Crippen LogP contribution is 2.71. The van der Waals surface area contributed by atoms with Gasteiger partial charge in [-0.05, 0) is 68.1 Å². The summed E-state index contributed by atoms with van der Waals surface area (Å²) in [5, 5.41) is 35.3. The van der Waals surface area contributed by atoms with E-state index in [1.165, 1.54) is 5.56 Å². The first-order valence-electron chi connectivity index (χ1n) is 14.1. The number of allylic oxidation sites excluding steroid dienone is 4. The van der Waals surface area contributed by atoms with Gasteiger partial charge in [0, 0.05) is 35.8 Å². The molecular formula is C31H41NO5. The first kappa shape index (κ1) is 25.4. The SMILES string of the molecule is C[C@]12C=CC(=O)C=C1CC[C@@H]1[C@@H]2[C@@H](O)C[C@@]2(C)[C@H]1C[C@H]1CN(CCCc3ccccc3)O[C@]12C(O)CO. The lowest BCUT2D eigenvalue weighted by atomic mass is 9.46. The Hall–Kier alpha value is -1.83. The molecule has 4 aliphatic carbocycles. The van der Waals surface area contributed by atoms with Gasteiger partial charge >= 0.3 is 0 Å². The van der Waals surface area contributed by atoms with Crippen LogP contribution in [0.25, 0.3) is 0 Å². The van der Waals surface area contributed by atoms with Crippen molar-refractivity contribution in [2.45, 2.75) is 70.2 Å². The van der Waals surface area contributed by atoms with Crippen molar-refractivity contribution < 1.29 is 25.0 Å². The fourth-order valence-electron chi connectivity index (χ4n) is 9.48. The summed E-state index contributed by atoms with van der Waals surface area (Å²) in [6.45, 7) is 5.53. The number of carbonyl (C=O) groups excluding carboxylic acids is 1. The Bertz CT molecular complexity index is 1100. The Labute approximate surface area is 220 Å². The molecule has 1 aromatic carbocycles. The number of aryl methyl sites for hydroxylation is 1. The Morgan fingerprint density at radius 1 is 1.22 bits per heavy atom. The summed E-state index contributed by atoms with van der Waals surface area (Å²) in [6, 6.07) is 10.4. The van der Waals surface area contributed by atoms with Crippen molar-refractivity contribution in [3.63, 3.8) is 0 Å². The van der Waals surface area contributed by atoms with Crippen LogP contribution < -0.4 is 0 Å². The summed E-state index contributed by atoms with van der Waals surface area (Å²) in [4.78, 5) is 18.9. The van der Waals surface area contributed by atoms with Gasteiger partial charge in [0.15, 0.2) is 5.78 Å². The average molecular weight is 508 g/mol. The third kappa shape index (κ3) is 3.67. The highest BCUT2D eigenvalue weighted by Gasteiger charge is 2.74. The molecular weight excluding hydrogens is 466 g/mol. The van der Waals surface area contributed by atoms with Gasteiger partial charge in [-0.15, -0.1) is 0 Å². The topological polar surface area (TPSA) is 90.2 Å². The zero-order valence-corrected chi connectivity index (χ0v) is 22.1. The van der Waals surface area contributed by atoms with E-state index in [2.05, 4.69) is 38.1 Å². The maximum absolute atomic E-state index is 12.1. The van der Waals surface area contributed by atoms with Crippen molar-refractivity contribution in [1.29, 1.82) is 0 Å². The Kier molecular flexibility index (Phi) is 6.28. The van der Waals surface area contributed by atoms with Gasteiger partial charge in [-0.1, -0.05) is 55.8 Å². The molecule has 3 saturated carbocycles. The molecule has 1 aromatic rings. The molecule has 0 amide bonds. The Morgan fingerprint density at radius 2 is 2.00 bits per heavy atom. The monoisotopic (exact) mass is 507 g/mol. The van der Waals surface area contributed by atoms with Crippen molar-refractivity contribution in [2.24, 2.45) is 34.5 Å². The molecule has 1 aliphatic heterocycles. The number of rotatable bonds is 6. The van der Waals surface area contributed by atoms with E-state index >= 15 is 0 Å². The lowest BCUT2D eigenvalue weighted by Gasteiger charge is -2.60. The minimum Gasteiger partial charge on any atom is -0.394 e. The Morgan fingerprint density at radius 3 is 2.76 bits per heavy atom. The summed E-state index contributed by atoms with van der Waals surface area (Å²) in [6.07, 6.45) is 9.07. The van der Waals surface area contributed by atoms with Crippen LogP contribution in [0.5, 0.6) is 0 Å². The zero-order valence-electron chi connectivity index (χ0n) is 22.1. The van der Waals surface area contributed by atoms with Crippen molar-refractivity contribution in [1.82, 2.24) is 5.06 Å². The van der Waals surface area contributed by atoms with Crippen LogP contribution in [0.3, 0.4) is 0 Å². The van der Waals surface area contributed by atoms with Crippen molar-refractivity contribution in [3.05, 3.63) is 59.7 Å². The lowest BCUT2D eigenvalue weighted by molar-refractivity contribution is -0.291. The fourth-order valence-corrected chi connectivity index (χ4v) is 9.48. The summed E-state index contributed by atoms with van der Waals surface area (Å²) in [5.74, 6) is 0.738. The number of hydroxylamine groups is 2. The molecule has 0 spiro atoms. The van der Waals surface area contributed by atoms with Gasteiger partial charge in [0.05, 0.1) is 12.7 Å². The second-order valence-corrected chi connectivity index (χ2v) is 12.7. The zero-order chi connectivity index (χ0) is 26.0. The van der Waals surface area contributed by atoms with Gasteiger partial charge in [0.25, 0.3) is 0 Å². The molecule has 6 heteroatoms. The van der Waals surface area contributed by atoms with Crippen LogP contribution in [-0.4, -0.2) is 63.7 Å². The number of aliphatic hydroxyl groups is 3. The minimum atomic E-state index is -1.00. The van der Waals surface area contributed by atoms with Gasteiger partial charge < -0.3 is 15.3 Å². The van der Waals surface area contributed by atoms with Gasteiger partial charge in [0.2, 0.25) is 0 Å². The van der Waals surface area contributed by atoms with Gasteiger partial charge in [-0.3, -0.25) is 9.63 Å². The predicted octanol–water partition coefficient (Wildman–Crippen LogP) is 3.46. The molecule has 1 unspecified atom stereocenters. The van der Waals surface area contributed by atoms with Crippen LogP contribution in [0.2, 0.25) is 0 Å². The molecule has 9 atom stereocenters. The highest BCUT2D eigenvalue weighted by molar-refractivity contribution is 6.01. The summed E-state index contributed by atoms with van der Waals surface area (Å²) >= 11 is 0.